The fraction of sp³-hybridized carbons (Fsp3) is 0.444. The van der Waals surface area contributed by atoms with Crippen molar-refractivity contribution in [1.29, 1.82) is 0 Å². The van der Waals surface area contributed by atoms with E-state index in [-0.39, 0.29) is 18.0 Å². The van der Waals surface area contributed by atoms with Gasteiger partial charge < -0.3 is 20.0 Å². The van der Waals surface area contributed by atoms with E-state index in [0.717, 1.165) is 31.9 Å². The molecule has 1 aliphatic rings. The minimum atomic E-state index is -0.333. The van der Waals surface area contributed by atoms with Crippen molar-refractivity contribution in [3.05, 3.63) is 36.0 Å². The largest absolute Gasteiger partial charge is 0.427 e. The number of carbonyl (C=O) groups excluding carboxylic acids is 2. The summed E-state index contributed by atoms with van der Waals surface area (Å²) in [6, 6.07) is 3.52. The zero-order valence-electron chi connectivity index (χ0n) is 16.1. The van der Waals surface area contributed by atoms with Crippen molar-refractivity contribution in [3.63, 3.8) is 0 Å². The van der Waals surface area contributed by atoms with Crippen LogP contribution in [0.1, 0.15) is 23.2 Å². The number of anilines is 2. The Morgan fingerprint density at radius 2 is 1.93 bits per heavy atom. The lowest BCUT2D eigenvalue weighted by molar-refractivity contribution is 0.0958. The van der Waals surface area contributed by atoms with Crippen LogP contribution < -0.4 is 20.9 Å². The van der Waals surface area contributed by atoms with Gasteiger partial charge in [-0.3, -0.25) is 15.0 Å². The molecule has 1 saturated heterocycles. The van der Waals surface area contributed by atoms with Crippen LogP contribution in [-0.2, 0) is 6.54 Å². The number of rotatable bonds is 6. The molecular weight excluding hydrogens is 362 g/mol. The summed E-state index contributed by atoms with van der Waals surface area (Å²) in [4.78, 5) is 35.9. The molecule has 3 heterocycles. The Kier molecular flexibility index (Phi) is 6.43. The van der Waals surface area contributed by atoms with Gasteiger partial charge in [-0.1, -0.05) is 0 Å². The molecule has 3 N–H and O–H groups in total. The first-order valence-corrected chi connectivity index (χ1v) is 9.24. The van der Waals surface area contributed by atoms with E-state index in [9.17, 15) is 9.59 Å². The molecule has 0 atom stereocenters. The van der Waals surface area contributed by atoms with E-state index in [0.29, 0.717) is 24.5 Å². The van der Waals surface area contributed by atoms with Gasteiger partial charge in [-0.2, -0.15) is 0 Å². The second-order valence-electron chi connectivity index (χ2n) is 6.36. The summed E-state index contributed by atoms with van der Waals surface area (Å²) in [7, 11) is 1.59. The third-order valence-corrected chi connectivity index (χ3v) is 4.44. The van der Waals surface area contributed by atoms with Gasteiger partial charge in [-0.05, 0) is 19.1 Å². The zero-order valence-corrected chi connectivity index (χ0v) is 16.1. The molecule has 10 nitrogen and oxygen atoms in total. The van der Waals surface area contributed by atoms with E-state index in [1.54, 1.807) is 25.5 Å². The number of urea groups is 1. The number of hydrogen-bond donors (Lipinski definition) is 3. The van der Waals surface area contributed by atoms with Crippen LogP contribution in [0, 0.1) is 0 Å². The van der Waals surface area contributed by atoms with E-state index in [1.807, 2.05) is 13.0 Å². The van der Waals surface area contributed by atoms with Crippen molar-refractivity contribution >= 4 is 23.6 Å². The summed E-state index contributed by atoms with van der Waals surface area (Å²) >= 11 is 0. The van der Waals surface area contributed by atoms with Gasteiger partial charge >= 0.3 is 12.0 Å². The van der Waals surface area contributed by atoms with Crippen molar-refractivity contribution in [2.24, 2.45) is 0 Å². The maximum Gasteiger partial charge on any atom is 0.322 e. The molecule has 1 fully saturated rings. The lowest BCUT2D eigenvalue weighted by Crippen LogP contribution is -2.46. The molecule has 3 amide bonds. The standard InChI is InChI=1S/C18H25N7O3/c1-3-20-17(27)23-18-22-11-14(28-18)12-24-6-8-25(9-7-24)13-4-5-15(21-10-13)16(26)19-2/h4-5,10-11H,3,6-9,12H2,1-2H3,(H,19,26)(H2,20,22,23,27). The number of pyridine rings is 1. The smallest absolute Gasteiger partial charge is 0.322 e. The van der Waals surface area contributed by atoms with Gasteiger partial charge in [-0.25, -0.2) is 14.8 Å². The SMILES string of the molecule is CCNC(=O)Nc1ncc(CN2CCN(c3ccc(C(=O)NC)nc3)CC2)o1. The molecule has 2 aromatic heterocycles. The number of piperazine rings is 1. The Morgan fingerprint density at radius 1 is 1.14 bits per heavy atom. The Hall–Kier alpha value is -3.14. The maximum atomic E-state index is 11.6. The summed E-state index contributed by atoms with van der Waals surface area (Å²) in [5.74, 6) is 0.515. The fourth-order valence-electron chi connectivity index (χ4n) is 2.96. The fourth-order valence-corrected chi connectivity index (χ4v) is 2.96. The molecule has 0 unspecified atom stereocenters. The van der Waals surface area contributed by atoms with Crippen molar-refractivity contribution in [2.45, 2.75) is 13.5 Å². The first-order chi connectivity index (χ1) is 13.6. The Bertz CT molecular complexity index is 798. The van der Waals surface area contributed by atoms with E-state index in [2.05, 4.69) is 35.7 Å². The van der Waals surface area contributed by atoms with Crippen LogP contribution in [0.25, 0.3) is 0 Å². The molecule has 28 heavy (non-hydrogen) atoms. The summed E-state index contributed by atoms with van der Waals surface area (Å²) in [6.07, 6.45) is 3.37. The molecule has 0 aromatic carbocycles. The molecule has 0 spiro atoms. The molecule has 0 saturated carbocycles. The van der Waals surface area contributed by atoms with Crippen molar-refractivity contribution in [3.8, 4) is 0 Å². The van der Waals surface area contributed by atoms with Crippen LogP contribution >= 0.6 is 0 Å². The highest BCUT2D eigenvalue weighted by atomic mass is 16.4. The lowest BCUT2D eigenvalue weighted by Gasteiger charge is -2.35. The van der Waals surface area contributed by atoms with E-state index in [1.165, 1.54) is 0 Å². The van der Waals surface area contributed by atoms with Crippen LogP contribution in [0.15, 0.2) is 28.9 Å². The third-order valence-electron chi connectivity index (χ3n) is 4.44. The number of aromatic nitrogens is 2. The minimum absolute atomic E-state index is 0.190. The summed E-state index contributed by atoms with van der Waals surface area (Å²) in [5, 5.41) is 7.75. The minimum Gasteiger partial charge on any atom is -0.427 e. The highest BCUT2D eigenvalue weighted by Gasteiger charge is 2.19. The van der Waals surface area contributed by atoms with Gasteiger partial charge in [-0.15, -0.1) is 0 Å². The van der Waals surface area contributed by atoms with Crippen molar-refractivity contribution < 1.29 is 14.0 Å². The van der Waals surface area contributed by atoms with Gasteiger partial charge in [0.1, 0.15) is 11.5 Å². The highest BCUT2D eigenvalue weighted by Crippen LogP contribution is 2.18. The molecule has 1 aliphatic heterocycles. The molecule has 0 radical (unpaired) electrons. The third kappa shape index (κ3) is 4.97. The first kappa shape index (κ1) is 19.6. The second-order valence-corrected chi connectivity index (χ2v) is 6.36. The number of nitrogens with zero attached hydrogens (tertiary/aromatic N) is 4. The van der Waals surface area contributed by atoms with Crippen LogP contribution in [-0.4, -0.2) is 66.6 Å². The Morgan fingerprint density at radius 3 is 2.57 bits per heavy atom. The second kappa shape index (κ2) is 9.18. The number of amides is 3. The van der Waals surface area contributed by atoms with E-state index < -0.39 is 0 Å². The topological polar surface area (TPSA) is 116 Å². The molecule has 150 valence electrons. The number of nitrogens with one attached hydrogen (secondary N) is 3. The molecule has 3 rings (SSSR count). The van der Waals surface area contributed by atoms with Gasteiger partial charge in [0.2, 0.25) is 0 Å². The summed E-state index contributed by atoms with van der Waals surface area (Å²) < 4.78 is 5.57. The molecule has 0 aliphatic carbocycles. The van der Waals surface area contributed by atoms with Gasteiger partial charge in [0.05, 0.1) is 24.6 Å². The summed E-state index contributed by atoms with van der Waals surface area (Å²) in [5.41, 5.74) is 1.41. The van der Waals surface area contributed by atoms with Crippen LogP contribution in [0.2, 0.25) is 0 Å². The summed E-state index contributed by atoms with van der Waals surface area (Å²) in [6.45, 7) is 6.42. The molecule has 0 bridgehead atoms. The van der Waals surface area contributed by atoms with Crippen LogP contribution in [0.5, 0.6) is 0 Å². The predicted molar refractivity (Wildman–Crippen MR) is 104 cm³/mol. The van der Waals surface area contributed by atoms with Crippen molar-refractivity contribution in [2.75, 3.05) is 50.0 Å². The molecule has 2 aromatic rings. The van der Waals surface area contributed by atoms with Crippen LogP contribution in [0.3, 0.4) is 0 Å². The number of oxazole rings is 1. The van der Waals surface area contributed by atoms with E-state index >= 15 is 0 Å². The quantitative estimate of drug-likeness (QED) is 0.674. The molecular formula is C18H25N7O3. The molecule has 10 heteroatoms. The Balaban J connectivity index is 1.48. The van der Waals surface area contributed by atoms with Gasteiger partial charge in [0, 0.05) is 39.8 Å². The number of hydrogen-bond acceptors (Lipinski definition) is 7. The number of carbonyl (C=O) groups is 2. The predicted octanol–water partition coefficient (Wildman–Crippen LogP) is 0.893. The van der Waals surface area contributed by atoms with Crippen LogP contribution in [0.4, 0.5) is 16.5 Å². The maximum absolute atomic E-state index is 11.6. The average molecular weight is 387 g/mol. The Labute approximate surface area is 163 Å². The normalized spacial score (nSPS) is 14.6. The average Bonchev–Trinajstić information content (AvgIpc) is 3.15. The monoisotopic (exact) mass is 387 g/mol. The first-order valence-electron chi connectivity index (χ1n) is 9.24. The highest BCUT2D eigenvalue weighted by molar-refractivity contribution is 5.92. The van der Waals surface area contributed by atoms with Gasteiger partial charge in [0.15, 0.2) is 0 Å². The van der Waals surface area contributed by atoms with E-state index in [4.69, 9.17) is 4.42 Å². The lowest BCUT2D eigenvalue weighted by atomic mass is 10.2. The van der Waals surface area contributed by atoms with Gasteiger partial charge in [0.25, 0.3) is 5.91 Å². The van der Waals surface area contributed by atoms with Crippen molar-refractivity contribution in [1.82, 2.24) is 25.5 Å². The zero-order chi connectivity index (χ0) is 19.9.